The molecule has 3 heterocycles. The van der Waals surface area contributed by atoms with E-state index in [4.69, 9.17) is 4.74 Å². The zero-order valence-corrected chi connectivity index (χ0v) is 14.7. The number of rotatable bonds is 4. The molecule has 128 valence electrons. The molecule has 0 aromatic carbocycles. The van der Waals surface area contributed by atoms with E-state index in [1.54, 1.807) is 25.3 Å². The Morgan fingerprint density at radius 1 is 1.27 bits per heavy atom. The number of hydrogen-bond donors (Lipinski definition) is 1. The van der Waals surface area contributed by atoms with Crippen LogP contribution in [0.25, 0.3) is 16.9 Å². The van der Waals surface area contributed by atoms with Gasteiger partial charge in [-0.1, -0.05) is 0 Å². The topological polar surface area (TPSA) is 122 Å². The Bertz CT molecular complexity index is 1000. The number of pyridine rings is 1. The third-order valence-electron chi connectivity index (χ3n) is 3.49. The molecule has 0 unspecified atom stereocenters. The van der Waals surface area contributed by atoms with Gasteiger partial charge in [0.25, 0.3) is 0 Å². The summed E-state index contributed by atoms with van der Waals surface area (Å²) in [5, 5.41) is 18.3. The summed E-state index contributed by atoms with van der Waals surface area (Å²) in [7, 11) is 1.34. The number of carbonyl (C=O) groups is 2. The number of imidazole rings is 1. The molecule has 9 nitrogen and oxygen atoms in total. The average Bonchev–Trinajstić information content (AvgIpc) is 2.94. The van der Waals surface area contributed by atoms with Gasteiger partial charge in [-0.25, -0.2) is 14.5 Å². The van der Waals surface area contributed by atoms with Gasteiger partial charge in [0.05, 0.1) is 36.2 Å². The molecule has 1 amide bonds. The van der Waals surface area contributed by atoms with Crippen LogP contribution in [-0.2, 0) is 4.79 Å². The molecule has 1 N–H and O–H groups in total. The summed E-state index contributed by atoms with van der Waals surface area (Å²) in [4.78, 5) is 30.8. The van der Waals surface area contributed by atoms with E-state index in [-0.39, 0.29) is 36.2 Å². The van der Waals surface area contributed by atoms with E-state index in [2.05, 4.69) is 20.4 Å². The second kappa shape index (κ2) is 7.55. The minimum Gasteiger partial charge on any atom is -0.545 e. The van der Waals surface area contributed by atoms with Crippen molar-refractivity contribution in [3.63, 3.8) is 0 Å². The summed E-state index contributed by atoms with van der Waals surface area (Å²) in [6, 6.07) is 4.81. The van der Waals surface area contributed by atoms with Crippen molar-refractivity contribution in [2.75, 3.05) is 12.4 Å². The van der Waals surface area contributed by atoms with Crippen molar-refractivity contribution in [2.45, 2.75) is 13.8 Å². The number of hydrogen-bond acceptors (Lipinski definition) is 7. The zero-order chi connectivity index (χ0) is 18.1. The number of aryl methyl sites for hydroxylation is 1. The van der Waals surface area contributed by atoms with E-state index < -0.39 is 5.97 Å². The van der Waals surface area contributed by atoms with Gasteiger partial charge in [0.1, 0.15) is 0 Å². The van der Waals surface area contributed by atoms with Crippen LogP contribution in [0.15, 0.2) is 24.4 Å². The van der Waals surface area contributed by atoms with Crippen LogP contribution in [0, 0.1) is 6.92 Å². The summed E-state index contributed by atoms with van der Waals surface area (Å²) in [5.74, 6) is -1.27. The van der Waals surface area contributed by atoms with Gasteiger partial charge in [0.15, 0.2) is 11.5 Å². The van der Waals surface area contributed by atoms with Gasteiger partial charge in [0, 0.05) is 12.5 Å². The molecule has 0 fully saturated rings. The van der Waals surface area contributed by atoms with Crippen LogP contribution in [0.1, 0.15) is 23.0 Å². The van der Waals surface area contributed by atoms with E-state index in [1.165, 1.54) is 24.6 Å². The number of carboxylic acid groups (broad SMARTS) is 1. The van der Waals surface area contributed by atoms with Gasteiger partial charge >= 0.3 is 18.9 Å². The summed E-state index contributed by atoms with van der Waals surface area (Å²) >= 11 is 0. The zero-order valence-electron chi connectivity index (χ0n) is 14.7. The number of carboxylic acids is 1. The molecular formula is C16H14LiN5O4. The van der Waals surface area contributed by atoms with Gasteiger partial charge in [-0.15, -0.1) is 0 Å². The monoisotopic (exact) mass is 347 g/mol. The first kappa shape index (κ1) is 19.4. The Morgan fingerprint density at radius 2 is 2.00 bits per heavy atom. The molecule has 3 rings (SSSR count). The van der Waals surface area contributed by atoms with Crippen LogP contribution < -0.4 is 34.0 Å². The van der Waals surface area contributed by atoms with E-state index in [0.717, 1.165) is 0 Å². The van der Waals surface area contributed by atoms with Crippen LogP contribution in [0.4, 0.5) is 5.82 Å². The van der Waals surface area contributed by atoms with Crippen LogP contribution in [0.3, 0.4) is 0 Å². The molecule has 0 atom stereocenters. The third kappa shape index (κ3) is 3.69. The number of aromatic nitrogens is 4. The van der Waals surface area contributed by atoms with Gasteiger partial charge < -0.3 is 20.0 Å². The predicted octanol–water partition coefficient (Wildman–Crippen LogP) is -2.57. The normalized spacial score (nSPS) is 10.3. The maximum absolute atomic E-state index is 11.3. The molecular weight excluding hydrogens is 333 g/mol. The summed E-state index contributed by atoms with van der Waals surface area (Å²) < 4.78 is 6.47. The van der Waals surface area contributed by atoms with Gasteiger partial charge in [-0.05, 0) is 25.1 Å². The Morgan fingerprint density at radius 3 is 2.62 bits per heavy atom. The fraction of sp³-hybridized carbons (Fsp3) is 0.188. The van der Waals surface area contributed by atoms with Crippen molar-refractivity contribution in [2.24, 2.45) is 0 Å². The molecule has 0 bridgehead atoms. The van der Waals surface area contributed by atoms with E-state index >= 15 is 0 Å². The van der Waals surface area contributed by atoms with Crippen molar-refractivity contribution in [1.82, 2.24) is 19.6 Å². The number of carbonyl (C=O) groups excluding carboxylic acids is 2. The Labute approximate surface area is 160 Å². The molecule has 26 heavy (non-hydrogen) atoms. The van der Waals surface area contributed by atoms with Crippen molar-refractivity contribution in [3.05, 3.63) is 35.7 Å². The Hall–Kier alpha value is -2.89. The van der Waals surface area contributed by atoms with Gasteiger partial charge in [-0.2, -0.15) is 5.10 Å². The van der Waals surface area contributed by atoms with E-state index in [0.29, 0.717) is 28.4 Å². The number of anilines is 1. The number of ether oxygens (including phenoxy) is 1. The standard InChI is InChI=1S/C16H15N5O4.Li/c1-8-10(6-11(16(23)24)15(17-8)25-3)12-4-5-14-19-13(18-9(2)22)7-21(14)20-12;/h4-7H,1-3H3,(H,18,22)(H,23,24);/q;+1/p-1. The first-order chi connectivity index (χ1) is 11.9. The van der Waals surface area contributed by atoms with Crippen LogP contribution in [0.2, 0.25) is 0 Å². The number of aromatic carboxylic acids is 1. The number of amides is 1. The molecule has 0 aliphatic carbocycles. The quantitative estimate of drug-likeness (QED) is 0.515. The molecule has 3 aromatic rings. The molecule has 0 saturated carbocycles. The number of fused-ring (bicyclic) bond motifs is 1. The van der Waals surface area contributed by atoms with Gasteiger partial charge in [-0.3, -0.25) is 4.79 Å². The van der Waals surface area contributed by atoms with Crippen molar-refractivity contribution in [3.8, 4) is 17.1 Å². The van der Waals surface area contributed by atoms with Crippen LogP contribution in [0.5, 0.6) is 5.88 Å². The second-order valence-electron chi connectivity index (χ2n) is 5.29. The minimum atomic E-state index is -1.39. The van der Waals surface area contributed by atoms with Crippen molar-refractivity contribution in [1.29, 1.82) is 0 Å². The smallest absolute Gasteiger partial charge is 0.545 e. The first-order valence-electron chi connectivity index (χ1n) is 7.30. The summed E-state index contributed by atoms with van der Waals surface area (Å²) in [5.41, 5.74) is 1.95. The predicted molar refractivity (Wildman–Crippen MR) is 86.1 cm³/mol. The largest absolute Gasteiger partial charge is 1.00 e. The molecule has 3 aromatic heterocycles. The number of methoxy groups -OCH3 is 1. The molecule has 0 radical (unpaired) electrons. The maximum atomic E-state index is 11.3. The van der Waals surface area contributed by atoms with Crippen molar-refractivity contribution < 1.29 is 38.3 Å². The fourth-order valence-corrected chi connectivity index (χ4v) is 2.41. The van der Waals surface area contributed by atoms with Crippen molar-refractivity contribution >= 4 is 23.3 Å². The Balaban J connectivity index is 0.00000243. The summed E-state index contributed by atoms with van der Waals surface area (Å²) in [6.07, 6.45) is 1.56. The van der Waals surface area contributed by atoms with Crippen LogP contribution in [-0.4, -0.2) is 38.6 Å². The summed E-state index contributed by atoms with van der Waals surface area (Å²) in [6.45, 7) is 3.11. The molecule has 0 aliphatic heterocycles. The van der Waals surface area contributed by atoms with E-state index in [1.807, 2.05) is 0 Å². The average molecular weight is 347 g/mol. The van der Waals surface area contributed by atoms with Crippen LogP contribution >= 0.6 is 0 Å². The second-order valence-corrected chi connectivity index (χ2v) is 5.29. The first-order valence-corrected chi connectivity index (χ1v) is 7.30. The molecule has 10 heteroatoms. The number of nitrogens with zero attached hydrogens (tertiary/aromatic N) is 4. The number of nitrogens with one attached hydrogen (secondary N) is 1. The van der Waals surface area contributed by atoms with Gasteiger partial charge in [0.2, 0.25) is 11.8 Å². The molecule has 0 saturated heterocycles. The fourth-order valence-electron chi connectivity index (χ4n) is 2.41. The third-order valence-corrected chi connectivity index (χ3v) is 3.49. The molecule has 0 spiro atoms. The SMILES string of the molecule is COc1nc(C)c(-c2ccc3nc(NC(C)=O)cn3n2)cc1C(=O)[O-].[Li+]. The van der Waals surface area contributed by atoms with E-state index in [9.17, 15) is 14.7 Å². The molecule has 0 aliphatic rings. The Kier molecular flexibility index (Phi) is 5.65. The minimum absolute atomic E-state index is 0. The maximum Gasteiger partial charge on any atom is 1.00 e.